The van der Waals surface area contributed by atoms with Crippen molar-refractivity contribution in [1.82, 2.24) is 9.55 Å². The topological polar surface area (TPSA) is 64.0 Å². The molecule has 0 saturated heterocycles. The van der Waals surface area contributed by atoms with Crippen molar-refractivity contribution in [3.8, 4) is 5.69 Å². The first-order valence-electron chi connectivity index (χ1n) is 7.40. The summed E-state index contributed by atoms with van der Waals surface area (Å²) in [6.45, 7) is 2.04. The van der Waals surface area contributed by atoms with Crippen molar-refractivity contribution < 1.29 is 8.42 Å². The van der Waals surface area contributed by atoms with Gasteiger partial charge < -0.3 is 4.57 Å². The summed E-state index contributed by atoms with van der Waals surface area (Å²) in [5.74, 6) is 0.949. The van der Waals surface area contributed by atoms with Gasteiger partial charge >= 0.3 is 0 Å². The van der Waals surface area contributed by atoms with E-state index in [0.717, 1.165) is 17.9 Å². The van der Waals surface area contributed by atoms with Gasteiger partial charge in [0.05, 0.1) is 4.90 Å². The van der Waals surface area contributed by atoms with E-state index >= 15 is 0 Å². The molecule has 0 bridgehead atoms. The number of sulfonamides is 1. The molecule has 24 heavy (non-hydrogen) atoms. The highest BCUT2D eigenvalue weighted by Gasteiger charge is 2.14. The predicted octanol–water partition coefficient (Wildman–Crippen LogP) is 3.89. The standard InChI is InChI=1S/C17H16ClN3O2S/c1-2-17-19-11-12-21(17)15-7-5-14(6-8-15)20-24(22,23)16-9-3-13(18)4-10-16/h3-12,20H,2H2,1H3. The van der Waals surface area contributed by atoms with Crippen LogP contribution in [0.15, 0.2) is 65.8 Å². The van der Waals surface area contributed by atoms with E-state index in [0.29, 0.717) is 10.7 Å². The number of nitrogens with one attached hydrogen (secondary N) is 1. The van der Waals surface area contributed by atoms with E-state index in [1.54, 1.807) is 30.5 Å². The number of halogens is 1. The lowest BCUT2D eigenvalue weighted by Gasteiger charge is -2.10. The number of anilines is 1. The van der Waals surface area contributed by atoms with E-state index in [-0.39, 0.29) is 4.90 Å². The van der Waals surface area contributed by atoms with Crippen LogP contribution in [0.3, 0.4) is 0 Å². The largest absolute Gasteiger partial charge is 0.304 e. The third-order valence-corrected chi connectivity index (χ3v) is 5.20. The number of hydrogen-bond donors (Lipinski definition) is 1. The molecule has 1 N–H and O–H groups in total. The van der Waals surface area contributed by atoms with Gasteiger partial charge in [0.15, 0.2) is 0 Å². The second-order valence-corrected chi connectivity index (χ2v) is 7.29. The van der Waals surface area contributed by atoms with Crippen molar-refractivity contribution in [1.29, 1.82) is 0 Å². The Hall–Kier alpha value is -2.31. The fraction of sp³-hybridized carbons (Fsp3) is 0.118. The Balaban J connectivity index is 1.82. The van der Waals surface area contributed by atoms with Crippen LogP contribution in [0.4, 0.5) is 5.69 Å². The molecule has 5 nitrogen and oxygen atoms in total. The minimum Gasteiger partial charge on any atom is -0.304 e. The van der Waals surface area contributed by atoms with Crippen molar-refractivity contribution in [3.05, 3.63) is 71.8 Å². The Labute approximate surface area is 146 Å². The summed E-state index contributed by atoms with van der Waals surface area (Å²) < 4.78 is 29.2. The molecule has 0 saturated carbocycles. The summed E-state index contributed by atoms with van der Waals surface area (Å²) in [7, 11) is -3.64. The molecule has 0 unspecified atom stereocenters. The van der Waals surface area contributed by atoms with Gasteiger partial charge in [-0.2, -0.15) is 0 Å². The minimum absolute atomic E-state index is 0.166. The van der Waals surface area contributed by atoms with Crippen molar-refractivity contribution in [2.45, 2.75) is 18.2 Å². The number of aryl methyl sites for hydroxylation is 1. The van der Waals surface area contributed by atoms with Gasteiger partial charge in [-0.05, 0) is 48.5 Å². The predicted molar refractivity (Wildman–Crippen MR) is 95.2 cm³/mol. The molecule has 0 aliphatic heterocycles. The summed E-state index contributed by atoms with van der Waals surface area (Å²) in [4.78, 5) is 4.45. The summed E-state index contributed by atoms with van der Waals surface area (Å²) >= 11 is 5.79. The number of hydrogen-bond acceptors (Lipinski definition) is 3. The van der Waals surface area contributed by atoms with Crippen LogP contribution >= 0.6 is 11.6 Å². The van der Waals surface area contributed by atoms with E-state index in [9.17, 15) is 8.42 Å². The molecule has 1 aromatic heterocycles. The van der Waals surface area contributed by atoms with Crippen LogP contribution in [0, 0.1) is 0 Å². The molecular formula is C17H16ClN3O2S. The van der Waals surface area contributed by atoms with E-state index in [1.807, 2.05) is 29.8 Å². The van der Waals surface area contributed by atoms with Crippen LogP contribution in [0.5, 0.6) is 0 Å². The highest BCUT2D eigenvalue weighted by atomic mass is 35.5. The molecule has 3 rings (SSSR count). The molecule has 0 fully saturated rings. The third-order valence-electron chi connectivity index (χ3n) is 3.56. The fourth-order valence-electron chi connectivity index (χ4n) is 2.35. The van der Waals surface area contributed by atoms with Gasteiger partial charge in [-0.25, -0.2) is 13.4 Å². The van der Waals surface area contributed by atoms with E-state index in [2.05, 4.69) is 9.71 Å². The molecule has 1 heterocycles. The lowest BCUT2D eigenvalue weighted by molar-refractivity contribution is 0.601. The molecule has 0 atom stereocenters. The molecule has 2 aromatic carbocycles. The lowest BCUT2D eigenvalue weighted by atomic mass is 10.3. The summed E-state index contributed by atoms with van der Waals surface area (Å²) in [6, 6.07) is 13.2. The van der Waals surface area contributed by atoms with Gasteiger partial charge in [-0.15, -0.1) is 0 Å². The Morgan fingerprint density at radius 2 is 1.75 bits per heavy atom. The van der Waals surface area contributed by atoms with Crippen molar-refractivity contribution in [2.24, 2.45) is 0 Å². The van der Waals surface area contributed by atoms with Crippen LogP contribution in [0.1, 0.15) is 12.7 Å². The van der Waals surface area contributed by atoms with E-state index in [1.165, 1.54) is 12.1 Å². The van der Waals surface area contributed by atoms with Crippen molar-refractivity contribution in [3.63, 3.8) is 0 Å². The first kappa shape index (κ1) is 16.5. The first-order valence-corrected chi connectivity index (χ1v) is 9.27. The van der Waals surface area contributed by atoms with Gasteiger partial charge in [-0.3, -0.25) is 4.72 Å². The zero-order chi connectivity index (χ0) is 17.2. The summed E-state index contributed by atoms with van der Waals surface area (Å²) in [5.41, 5.74) is 1.42. The highest BCUT2D eigenvalue weighted by molar-refractivity contribution is 7.92. The maximum Gasteiger partial charge on any atom is 0.261 e. The molecule has 0 aliphatic carbocycles. The molecule has 0 amide bonds. The SMILES string of the molecule is CCc1nccn1-c1ccc(NS(=O)(=O)c2ccc(Cl)cc2)cc1. The quantitative estimate of drug-likeness (QED) is 0.749. The van der Waals surface area contributed by atoms with Crippen molar-refractivity contribution in [2.75, 3.05) is 4.72 Å². The van der Waals surface area contributed by atoms with Crippen LogP contribution in [-0.4, -0.2) is 18.0 Å². The minimum atomic E-state index is -3.64. The summed E-state index contributed by atoms with van der Waals surface area (Å²) in [5, 5.41) is 0.491. The Bertz CT molecular complexity index is 933. The number of aromatic nitrogens is 2. The van der Waals surface area contributed by atoms with Crippen LogP contribution in [0.2, 0.25) is 5.02 Å². The number of rotatable bonds is 5. The molecular weight excluding hydrogens is 346 g/mol. The third kappa shape index (κ3) is 3.44. The van der Waals surface area contributed by atoms with E-state index < -0.39 is 10.0 Å². The van der Waals surface area contributed by atoms with Gasteiger partial charge in [-0.1, -0.05) is 18.5 Å². The molecule has 0 spiro atoms. The number of imidazole rings is 1. The van der Waals surface area contributed by atoms with Crippen molar-refractivity contribution >= 4 is 27.3 Å². The smallest absolute Gasteiger partial charge is 0.261 e. The monoisotopic (exact) mass is 361 g/mol. The Morgan fingerprint density at radius 1 is 1.08 bits per heavy atom. The highest BCUT2D eigenvalue weighted by Crippen LogP contribution is 2.20. The van der Waals surface area contributed by atoms with E-state index in [4.69, 9.17) is 11.6 Å². The summed E-state index contributed by atoms with van der Waals surface area (Å²) in [6.07, 6.45) is 4.44. The van der Waals surface area contributed by atoms with Crippen LogP contribution in [0.25, 0.3) is 5.69 Å². The first-order chi connectivity index (χ1) is 11.5. The normalized spacial score (nSPS) is 11.4. The maximum absolute atomic E-state index is 12.4. The molecule has 124 valence electrons. The van der Waals surface area contributed by atoms with Crippen LogP contribution < -0.4 is 4.72 Å². The molecule has 7 heteroatoms. The van der Waals surface area contributed by atoms with Gasteiger partial charge in [0.2, 0.25) is 0 Å². The zero-order valence-electron chi connectivity index (χ0n) is 13.0. The average Bonchev–Trinajstić information content (AvgIpc) is 3.04. The fourth-order valence-corrected chi connectivity index (χ4v) is 3.53. The van der Waals surface area contributed by atoms with Gasteiger partial charge in [0, 0.05) is 35.2 Å². The second-order valence-electron chi connectivity index (χ2n) is 5.17. The Morgan fingerprint density at radius 3 is 2.38 bits per heavy atom. The average molecular weight is 362 g/mol. The Kier molecular flexibility index (Phi) is 4.59. The molecule has 0 radical (unpaired) electrons. The van der Waals surface area contributed by atoms with Gasteiger partial charge in [0.25, 0.3) is 10.0 Å². The zero-order valence-corrected chi connectivity index (χ0v) is 14.6. The maximum atomic E-state index is 12.4. The van der Waals surface area contributed by atoms with Gasteiger partial charge in [0.1, 0.15) is 5.82 Å². The van der Waals surface area contributed by atoms with Crippen LogP contribution in [-0.2, 0) is 16.4 Å². The number of nitrogens with zero attached hydrogens (tertiary/aromatic N) is 2. The lowest BCUT2D eigenvalue weighted by Crippen LogP contribution is -2.12. The second kappa shape index (κ2) is 6.67. The molecule has 0 aliphatic rings. The molecule has 3 aromatic rings. The number of benzene rings is 2.